The predicted molar refractivity (Wildman–Crippen MR) is 101 cm³/mol. The fourth-order valence-corrected chi connectivity index (χ4v) is 2.64. The standard InChI is InChI=1S/C17H17BrClNO6/c1-24-14(22)4-2-3-13(21)20-10-5-6-11-12(9-10)16(23)26-17(15(11)19)25-8-7-18/h5-6,9H,2-4,7-8H2,1H3,(H,20,21). The van der Waals surface area contributed by atoms with Gasteiger partial charge in [-0.3, -0.25) is 9.59 Å². The minimum absolute atomic E-state index is 0.0387. The van der Waals surface area contributed by atoms with Gasteiger partial charge in [0.25, 0.3) is 0 Å². The maximum Gasteiger partial charge on any atom is 0.346 e. The van der Waals surface area contributed by atoms with Gasteiger partial charge in [-0.25, -0.2) is 4.79 Å². The summed E-state index contributed by atoms with van der Waals surface area (Å²) in [6.07, 6.45) is 0.689. The molecule has 2 rings (SSSR count). The summed E-state index contributed by atoms with van der Waals surface area (Å²) in [5, 5.41) is 4.12. The number of methoxy groups -OCH3 is 1. The lowest BCUT2D eigenvalue weighted by molar-refractivity contribution is -0.140. The first-order valence-electron chi connectivity index (χ1n) is 7.78. The van der Waals surface area contributed by atoms with Crippen LogP contribution in [0.1, 0.15) is 19.3 Å². The first kappa shape index (κ1) is 20.3. The van der Waals surface area contributed by atoms with Gasteiger partial charge in [0.15, 0.2) is 0 Å². The van der Waals surface area contributed by atoms with Crippen molar-refractivity contribution in [2.75, 3.05) is 24.4 Å². The molecule has 0 bridgehead atoms. The van der Waals surface area contributed by atoms with Gasteiger partial charge in [-0.15, -0.1) is 0 Å². The van der Waals surface area contributed by atoms with Gasteiger partial charge in [-0.1, -0.05) is 33.6 Å². The van der Waals surface area contributed by atoms with Crippen LogP contribution in [0.25, 0.3) is 10.8 Å². The molecule has 9 heteroatoms. The number of carbonyl (C=O) groups is 2. The Morgan fingerprint density at radius 3 is 2.73 bits per heavy atom. The molecule has 2 aromatic rings. The number of hydrogen-bond donors (Lipinski definition) is 1. The molecular weight excluding hydrogens is 430 g/mol. The van der Waals surface area contributed by atoms with Gasteiger partial charge < -0.3 is 19.2 Å². The van der Waals surface area contributed by atoms with Crippen molar-refractivity contribution in [3.05, 3.63) is 33.6 Å². The van der Waals surface area contributed by atoms with Gasteiger partial charge in [0.1, 0.15) is 11.6 Å². The molecule has 0 atom stereocenters. The second-order valence-corrected chi connectivity index (χ2v) is 6.44. The summed E-state index contributed by atoms with van der Waals surface area (Å²) in [5.41, 5.74) is -0.186. The number of amides is 1. The second-order valence-electron chi connectivity index (χ2n) is 5.27. The Hall–Kier alpha value is -2.06. The highest BCUT2D eigenvalue weighted by Gasteiger charge is 2.14. The number of hydrogen-bond acceptors (Lipinski definition) is 6. The van der Waals surface area contributed by atoms with Crippen LogP contribution in [0.3, 0.4) is 0 Å². The summed E-state index contributed by atoms with van der Waals surface area (Å²) < 4.78 is 14.9. The van der Waals surface area contributed by atoms with E-state index in [9.17, 15) is 14.4 Å². The quantitative estimate of drug-likeness (QED) is 0.492. The van der Waals surface area contributed by atoms with E-state index in [1.165, 1.54) is 13.2 Å². The van der Waals surface area contributed by atoms with Crippen molar-refractivity contribution in [2.24, 2.45) is 0 Å². The monoisotopic (exact) mass is 445 g/mol. The van der Waals surface area contributed by atoms with Crippen LogP contribution in [0, 0.1) is 0 Å². The average molecular weight is 447 g/mol. The van der Waals surface area contributed by atoms with Gasteiger partial charge in [-0.2, -0.15) is 0 Å². The van der Waals surface area contributed by atoms with Crippen LogP contribution >= 0.6 is 27.5 Å². The van der Waals surface area contributed by atoms with Crippen LogP contribution in [0.15, 0.2) is 27.4 Å². The largest absolute Gasteiger partial charge is 0.469 e. The number of carbonyl (C=O) groups excluding carboxylic acids is 2. The van der Waals surface area contributed by atoms with Crippen LogP contribution in [-0.4, -0.2) is 30.9 Å². The molecule has 0 aliphatic rings. The van der Waals surface area contributed by atoms with E-state index in [-0.39, 0.29) is 41.1 Å². The third-order valence-electron chi connectivity index (χ3n) is 3.45. The van der Waals surface area contributed by atoms with Crippen molar-refractivity contribution < 1.29 is 23.5 Å². The number of anilines is 1. The SMILES string of the molecule is COC(=O)CCCC(=O)Nc1ccc2c(Cl)c(OCCBr)oc(=O)c2c1. The average Bonchev–Trinajstić information content (AvgIpc) is 2.63. The number of esters is 1. The van der Waals surface area contributed by atoms with E-state index in [4.69, 9.17) is 20.8 Å². The molecule has 26 heavy (non-hydrogen) atoms. The molecule has 1 amide bonds. The topological polar surface area (TPSA) is 94.8 Å². The van der Waals surface area contributed by atoms with E-state index in [0.29, 0.717) is 29.4 Å². The van der Waals surface area contributed by atoms with Gasteiger partial charge in [-0.05, 0) is 18.6 Å². The third-order valence-corrected chi connectivity index (χ3v) is 4.13. The molecule has 1 N–H and O–H groups in total. The first-order valence-corrected chi connectivity index (χ1v) is 9.28. The molecular formula is C17H17BrClNO6. The summed E-state index contributed by atoms with van der Waals surface area (Å²) in [4.78, 5) is 35.1. The molecule has 0 aliphatic carbocycles. The Morgan fingerprint density at radius 2 is 2.04 bits per heavy atom. The molecule has 0 saturated carbocycles. The molecule has 0 unspecified atom stereocenters. The Morgan fingerprint density at radius 1 is 1.27 bits per heavy atom. The molecule has 0 radical (unpaired) electrons. The predicted octanol–water partition coefficient (Wildman–Crippen LogP) is 3.50. The fourth-order valence-electron chi connectivity index (χ4n) is 2.22. The van der Waals surface area contributed by atoms with E-state index in [1.807, 2.05) is 0 Å². The lowest BCUT2D eigenvalue weighted by atomic mass is 10.1. The van der Waals surface area contributed by atoms with Crippen LogP contribution in [-0.2, 0) is 14.3 Å². The molecule has 0 saturated heterocycles. The second kappa shape index (κ2) is 9.59. The Bertz CT molecular complexity index is 866. The van der Waals surface area contributed by atoms with E-state index < -0.39 is 5.63 Å². The number of benzene rings is 1. The summed E-state index contributed by atoms with van der Waals surface area (Å²) >= 11 is 9.42. The highest BCUT2D eigenvalue weighted by molar-refractivity contribution is 9.09. The summed E-state index contributed by atoms with van der Waals surface area (Å²) in [6.45, 7) is 0.299. The third kappa shape index (κ3) is 5.22. The van der Waals surface area contributed by atoms with Crippen LogP contribution in [0.2, 0.25) is 5.02 Å². The fraction of sp³-hybridized carbons (Fsp3) is 0.353. The molecule has 0 spiro atoms. The molecule has 1 heterocycles. The van der Waals surface area contributed by atoms with Crippen molar-refractivity contribution >= 4 is 55.9 Å². The maximum absolute atomic E-state index is 12.2. The van der Waals surface area contributed by atoms with Crippen molar-refractivity contribution in [2.45, 2.75) is 19.3 Å². The van der Waals surface area contributed by atoms with Gasteiger partial charge >= 0.3 is 17.5 Å². The van der Waals surface area contributed by atoms with Gasteiger partial charge in [0, 0.05) is 29.2 Å². The van der Waals surface area contributed by atoms with E-state index in [2.05, 4.69) is 26.0 Å². The van der Waals surface area contributed by atoms with Crippen molar-refractivity contribution in [3.8, 4) is 5.95 Å². The van der Waals surface area contributed by atoms with Gasteiger partial charge in [0.2, 0.25) is 5.91 Å². The Balaban J connectivity index is 2.13. The number of halogens is 2. The van der Waals surface area contributed by atoms with Crippen LogP contribution in [0.5, 0.6) is 5.95 Å². The van der Waals surface area contributed by atoms with Crippen molar-refractivity contribution in [3.63, 3.8) is 0 Å². The minimum Gasteiger partial charge on any atom is -0.469 e. The van der Waals surface area contributed by atoms with Crippen molar-refractivity contribution in [1.82, 2.24) is 0 Å². The number of ether oxygens (including phenoxy) is 2. The summed E-state index contributed by atoms with van der Waals surface area (Å²) in [6, 6.07) is 4.72. The minimum atomic E-state index is -0.615. The van der Waals surface area contributed by atoms with E-state index >= 15 is 0 Å². The van der Waals surface area contributed by atoms with Crippen LogP contribution in [0.4, 0.5) is 5.69 Å². The first-order chi connectivity index (χ1) is 12.5. The highest BCUT2D eigenvalue weighted by atomic mass is 79.9. The van der Waals surface area contributed by atoms with E-state index in [1.54, 1.807) is 12.1 Å². The molecule has 140 valence electrons. The molecule has 0 fully saturated rings. The smallest absolute Gasteiger partial charge is 0.346 e. The molecule has 0 aliphatic heterocycles. The normalized spacial score (nSPS) is 10.6. The number of nitrogens with one attached hydrogen (secondary N) is 1. The lowest BCUT2D eigenvalue weighted by Gasteiger charge is -2.09. The number of rotatable bonds is 8. The number of alkyl halides is 1. The molecule has 7 nitrogen and oxygen atoms in total. The van der Waals surface area contributed by atoms with Crippen LogP contribution < -0.4 is 15.7 Å². The van der Waals surface area contributed by atoms with Crippen molar-refractivity contribution in [1.29, 1.82) is 0 Å². The zero-order chi connectivity index (χ0) is 19.1. The zero-order valence-electron chi connectivity index (χ0n) is 14.0. The summed E-state index contributed by atoms with van der Waals surface area (Å²) in [5.74, 6) is -0.682. The van der Waals surface area contributed by atoms with Gasteiger partial charge in [0.05, 0.1) is 12.5 Å². The maximum atomic E-state index is 12.2. The Kier molecular flexibility index (Phi) is 7.47. The number of fused-ring (bicyclic) bond motifs is 1. The lowest BCUT2D eigenvalue weighted by Crippen LogP contribution is -2.13. The molecule has 1 aromatic heterocycles. The zero-order valence-corrected chi connectivity index (χ0v) is 16.3. The van der Waals surface area contributed by atoms with E-state index in [0.717, 1.165) is 0 Å². The molecule has 1 aromatic carbocycles. The Labute approximate surface area is 162 Å². The highest BCUT2D eigenvalue weighted by Crippen LogP contribution is 2.31. The summed E-state index contributed by atoms with van der Waals surface area (Å²) in [7, 11) is 1.30.